The standard InChI is InChI=1S/C19H18FN3O2S/c1-13(2)23(14-8-4-3-5-9-14)17(24)12-26-19-22-21-18(25-19)15-10-6-7-11-16(15)20/h3-11,13H,12H2,1-2H3. The summed E-state index contributed by atoms with van der Waals surface area (Å²) in [7, 11) is 0. The van der Waals surface area contributed by atoms with E-state index in [1.807, 2.05) is 44.2 Å². The van der Waals surface area contributed by atoms with Crippen LogP contribution < -0.4 is 4.90 Å². The number of amides is 1. The zero-order valence-electron chi connectivity index (χ0n) is 14.4. The first-order valence-corrected chi connectivity index (χ1v) is 9.13. The van der Waals surface area contributed by atoms with Gasteiger partial charge in [0.05, 0.1) is 11.3 Å². The molecular formula is C19H18FN3O2S. The lowest BCUT2D eigenvalue weighted by atomic mass is 10.2. The Hall–Kier alpha value is -2.67. The Labute approximate surface area is 155 Å². The molecule has 0 N–H and O–H groups in total. The monoisotopic (exact) mass is 371 g/mol. The molecule has 0 atom stereocenters. The van der Waals surface area contributed by atoms with Crippen molar-refractivity contribution in [2.24, 2.45) is 0 Å². The van der Waals surface area contributed by atoms with Crippen LogP contribution in [0.15, 0.2) is 64.2 Å². The predicted molar refractivity (Wildman–Crippen MR) is 99.5 cm³/mol. The molecule has 0 bridgehead atoms. The highest BCUT2D eigenvalue weighted by molar-refractivity contribution is 7.99. The molecule has 0 saturated carbocycles. The summed E-state index contributed by atoms with van der Waals surface area (Å²) in [6.45, 7) is 3.91. The SMILES string of the molecule is CC(C)N(C(=O)CSc1nnc(-c2ccccc2F)o1)c1ccccc1. The highest BCUT2D eigenvalue weighted by atomic mass is 32.2. The molecule has 0 fully saturated rings. The second-order valence-corrected chi connectivity index (χ2v) is 6.76. The van der Waals surface area contributed by atoms with Crippen molar-refractivity contribution >= 4 is 23.4 Å². The van der Waals surface area contributed by atoms with Crippen LogP contribution in [-0.4, -0.2) is 27.9 Å². The average molecular weight is 371 g/mol. The summed E-state index contributed by atoms with van der Waals surface area (Å²) in [6, 6.07) is 15.7. The fourth-order valence-corrected chi connectivity index (χ4v) is 3.15. The third-order valence-corrected chi connectivity index (χ3v) is 4.45. The van der Waals surface area contributed by atoms with Crippen molar-refractivity contribution in [3.63, 3.8) is 0 Å². The minimum Gasteiger partial charge on any atom is -0.411 e. The molecule has 2 aromatic carbocycles. The van der Waals surface area contributed by atoms with Crippen LogP contribution in [0.4, 0.5) is 10.1 Å². The van der Waals surface area contributed by atoms with Gasteiger partial charge in [-0.3, -0.25) is 4.79 Å². The van der Waals surface area contributed by atoms with E-state index >= 15 is 0 Å². The number of aromatic nitrogens is 2. The third-order valence-electron chi connectivity index (χ3n) is 3.65. The van der Waals surface area contributed by atoms with Crippen LogP contribution in [-0.2, 0) is 4.79 Å². The van der Waals surface area contributed by atoms with Gasteiger partial charge in [-0.2, -0.15) is 0 Å². The van der Waals surface area contributed by atoms with Crippen molar-refractivity contribution in [1.82, 2.24) is 10.2 Å². The van der Waals surface area contributed by atoms with Gasteiger partial charge in [0.2, 0.25) is 5.91 Å². The molecule has 134 valence electrons. The minimum atomic E-state index is -0.432. The molecule has 0 aliphatic rings. The first-order valence-electron chi connectivity index (χ1n) is 8.14. The van der Waals surface area contributed by atoms with E-state index in [0.29, 0.717) is 0 Å². The molecule has 0 unspecified atom stereocenters. The Kier molecular flexibility index (Phi) is 5.68. The zero-order chi connectivity index (χ0) is 18.5. The van der Waals surface area contributed by atoms with Gasteiger partial charge < -0.3 is 9.32 Å². The van der Waals surface area contributed by atoms with Crippen LogP contribution in [0.2, 0.25) is 0 Å². The number of carbonyl (C=O) groups excluding carboxylic acids is 1. The van der Waals surface area contributed by atoms with Crippen LogP contribution in [0.3, 0.4) is 0 Å². The third kappa shape index (κ3) is 4.11. The van der Waals surface area contributed by atoms with E-state index in [1.54, 1.807) is 23.1 Å². The number of halogens is 1. The molecular weight excluding hydrogens is 353 g/mol. The number of nitrogens with zero attached hydrogens (tertiary/aromatic N) is 3. The first-order chi connectivity index (χ1) is 12.6. The smallest absolute Gasteiger partial charge is 0.277 e. The summed E-state index contributed by atoms with van der Waals surface area (Å²) in [4.78, 5) is 14.4. The van der Waals surface area contributed by atoms with Gasteiger partial charge in [-0.1, -0.05) is 42.1 Å². The Morgan fingerprint density at radius 3 is 2.50 bits per heavy atom. The second kappa shape index (κ2) is 8.14. The summed E-state index contributed by atoms with van der Waals surface area (Å²) in [6.07, 6.45) is 0. The van der Waals surface area contributed by atoms with Crippen molar-refractivity contribution < 1.29 is 13.6 Å². The topological polar surface area (TPSA) is 59.2 Å². The van der Waals surface area contributed by atoms with Gasteiger partial charge in [-0.05, 0) is 38.1 Å². The van der Waals surface area contributed by atoms with E-state index in [9.17, 15) is 9.18 Å². The lowest BCUT2D eigenvalue weighted by Crippen LogP contribution is -2.38. The molecule has 5 nitrogen and oxygen atoms in total. The van der Waals surface area contributed by atoms with Crippen LogP contribution >= 0.6 is 11.8 Å². The van der Waals surface area contributed by atoms with Crippen molar-refractivity contribution in [3.8, 4) is 11.5 Å². The van der Waals surface area contributed by atoms with E-state index in [2.05, 4.69) is 10.2 Å². The predicted octanol–water partition coefficient (Wildman–Crippen LogP) is 4.41. The van der Waals surface area contributed by atoms with Crippen molar-refractivity contribution in [2.75, 3.05) is 10.7 Å². The van der Waals surface area contributed by atoms with Gasteiger partial charge in [0, 0.05) is 11.7 Å². The molecule has 1 amide bonds. The average Bonchev–Trinajstić information content (AvgIpc) is 3.10. The molecule has 1 heterocycles. The quantitative estimate of drug-likeness (QED) is 0.601. The van der Waals surface area contributed by atoms with E-state index < -0.39 is 5.82 Å². The largest absolute Gasteiger partial charge is 0.411 e. The Bertz CT molecular complexity index is 883. The summed E-state index contributed by atoms with van der Waals surface area (Å²) in [5, 5.41) is 7.98. The molecule has 3 aromatic rings. The summed E-state index contributed by atoms with van der Waals surface area (Å²) < 4.78 is 19.3. The van der Waals surface area contributed by atoms with Crippen LogP contribution in [0.5, 0.6) is 0 Å². The Morgan fingerprint density at radius 2 is 1.81 bits per heavy atom. The van der Waals surface area contributed by atoms with Crippen molar-refractivity contribution in [1.29, 1.82) is 0 Å². The fraction of sp³-hybridized carbons (Fsp3) is 0.211. The number of rotatable bonds is 6. The van der Waals surface area contributed by atoms with Crippen LogP contribution in [0, 0.1) is 5.82 Å². The number of benzene rings is 2. The number of thioether (sulfide) groups is 1. The molecule has 26 heavy (non-hydrogen) atoms. The van der Waals surface area contributed by atoms with Gasteiger partial charge in [0.1, 0.15) is 5.82 Å². The summed E-state index contributed by atoms with van der Waals surface area (Å²) in [5.74, 6) is -0.256. The highest BCUT2D eigenvalue weighted by Crippen LogP contribution is 2.26. The molecule has 7 heteroatoms. The lowest BCUT2D eigenvalue weighted by molar-refractivity contribution is -0.116. The maximum absolute atomic E-state index is 13.8. The molecule has 0 aliphatic heterocycles. The number of hydrogen-bond donors (Lipinski definition) is 0. The highest BCUT2D eigenvalue weighted by Gasteiger charge is 2.20. The van der Waals surface area contributed by atoms with E-state index in [4.69, 9.17) is 4.42 Å². The fourth-order valence-electron chi connectivity index (χ4n) is 2.52. The van der Waals surface area contributed by atoms with Gasteiger partial charge in [0.15, 0.2) is 0 Å². The number of para-hydroxylation sites is 1. The van der Waals surface area contributed by atoms with Gasteiger partial charge >= 0.3 is 0 Å². The summed E-state index contributed by atoms with van der Waals surface area (Å²) in [5.41, 5.74) is 1.08. The van der Waals surface area contributed by atoms with E-state index in [0.717, 1.165) is 17.4 Å². The molecule has 0 radical (unpaired) electrons. The zero-order valence-corrected chi connectivity index (χ0v) is 15.2. The normalized spacial score (nSPS) is 10.9. The number of anilines is 1. The van der Waals surface area contributed by atoms with E-state index in [-0.39, 0.29) is 34.4 Å². The lowest BCUT2D eigenvalue weighted by Gasteiger charge is -2.26. The number of carbonyl (C=O) groups is 1. The molecule has 0 aliphatic carbocycles. The van der Waals surface area contributed by atoms with Crippen molar-refractivity contribution in [3.05, 3.63) is 60.4 Å². The Balaban J connectivity index is 1.69. The number of hydrogen-bond acceptors (Lipinski definition) is 5. The van der Waals surface area contributed by atoms with Crippen LogP contribution in [0.25, 0.3) is 11.5 Å². The molecule has 1 aromatic heterocycles. The second-order valence-electron chi connectivity index (χ2n) is 5.83. The molecule has 3 rings (SSSR count). The van der Waals surface area contributed by atoms with E-state index in [1.165, 1.54) is 6.07 Å². The minimum absolute atomic E-state index is 0.0159. The van der Waals surface area contributed by atoms with Gasteiger partial charge in [-0.15, -0.1) is 10.2 Å². The maximum atomic E-state index is 13.8. The molecule has 0 spiro atoms. The Morgan fingerprint density at radius 1 is 1.12 bits per heavy atom. The summed E-state index contributed by atoms with van der Waals surface area (Å²) >= 11 is 1.14. The van der Waals surface area contributed by atoms with Crippen LogP contribution in [0.1, 0.15) is 13.8 Å². The molecule has 0 saturated heterocycles. The van der Waals surface area contributed by atoms with Gasteiger partial charge in [-0.25, -0.2) is 4.39 Å². The first kappa shape index (κ1) is 18.1. The maximum Gasteiger partial charge on any atom is 0.277 e. The van der Waals surface area contributed by atoms with Crippen molar-refractivity contribution in [2.45, 2.75) is 25.1 Å². The van der Waals surface area contributed by atoms with Gasteiger partial charge in [0.25, 0.3) is 11.1 Å².